The van der Waals surface area contributed by atoms with Crippen LogP contribution in [0.1, 0.15) is 21.5 Å². The number of ketones is 1. The van der Waals surface area contributed by atoms with Gasteiger partial charge in [0.05, 0.1) is 11.3 Å². The molecule has 0 aliphatic carbocycles. The number of nitrogens with zero attached hydrogens (tertiary/aromatic N) is 2. The molecule has 2 aromatic heterocycles. The summed E-state index contributed by atoms with van der Waals surface area (Å²) < 4.78 is 36.0. The fourth-order valence-corrected chi connectivity index (χ4v) is 8.07. The van der Waals surface area contributed by atoms with E-state index in [1.165, 1.54) is 10.4 Å². The van der Waals surface area contributed by atoms with Crippen molar-refractivity contribution in [3.05, 3.63) is 113 Å². The van der Waals surface area contributed by atoms with Gasteiger partial charge in [-0.15, -0.1) is 11.3 Å². The monoisotopic (exact) mass is 570 g/mol. The zero-order valence-electron chi connectivity index (χ0n) is 21.7. The van der Waals surface area contributed by atoms with Gasteiger partial charge in [-0.1, -0.05) is 78.9 Å². The van der Waals surface area contributed by atoms with E-state index in [1.807, 2.05) is 90.5 Å². The average molecular weight is 571 g/mol. The highest BCUT2D eigenvalue weighted by Crippen LogP contribution is 2.34. The molecule has 202 valence electrons. The molecule has 6 rings (SSSR count). The fraction of sp³-hybridized carbons (Fsp3) is 0.161. The number of benzene rings is 3. The molecule has 40 heavy (non-hydrogen) atoms. The number of sulfonamides is 1. The topological polar surface area (TPSA) is 85.7 Å². The molecule has 0 N–H and O–H groups in total. The zero-order valence-corrected chi connectivity index (χ0v) is 23.3. The summed E-state index contributed by atoms with van der Waals surface area (Å²) in [6.45, 7) is -0.455. The third-order valence-electron chi connectivity index (χ3n) is 7.31. The number of Topliss-reactive ketones (excluding diaryl/α,β-unsaturated/α-hetero) is 1. The predicted molar refractivity (Wildman–Crippen MR) is 155 cm³/mol. The molecule has 0 amide bonds. The van der Waals surface area contributed by atoms with Crippen molar-refractivity contribution in [1.82, 2.24) is 8.87 Å². The first kappa shape index (κ1) is 26.2. The van der Waals surface area contributed by atoms with Crippen molar-refractivity contribution in [2.45, 2.75) is 23.2 Å². The van der Waals surface area contributed by atoms with Gasteiger partial charge in [0.1, 0.15) is 10.3 Å². The summed E-state index contributed by atoms with van der Waals surface area (Å²) in [6.07, 6.45) is 0.164. The molecule has 1 aliphatic heterocycles. The maximum atomic E-state index is 13.7. The maximum absolute atomic E-state index is 13.7. The first-order valence-electron chi connectivity index (χ1n) is 12.8. The summed E-state index contributed by atoms with van der Waals surface area (Å²) >= 11 is 1.10. The summed E-state index contributed by atoms with van der Waals surface area (Å²) in [5.74, 6) is -1.10. The summed E-state index contributed by atoms with van der Waals surface area (Å²) in [6, 6.07) is 26.8. The second-order valence-electron chi connectivity index (χ2n) is 9.67. The molecule has 0 spiro atoms. The number of carbonyl (C=O) groups excluding carboxylic acids is 2. The largest absolute Gasteiger partial charge is 0.456 e. The molecule has 3 aromatic carbocycles. The minimum absolute atomic E-state index is 0.0472. The summed E-state index contributed by atoms with van der Waals surface area (Å²) in [7, 11) is -2.05. The van der Waals surface area contributed by atoms with Crippen molar-refractivity contribution in [3.8, 4) is 11.3 Å². The number of aryl methyl sites for hydroxylation is 1. The lowest BCUT2D eigenvalue weighted by molar-refractivity contribution is -0.147. The fourth-order valence-electron chi connectivity index (χ4n) is 5.39. The van der Waals surface area contributed by atoms with E-state index in [9.17, 15) is 18.0 Å². The lowest BCUT2D eigenvalue weighted by Gasteiger charge is -2.34. The van der Waals surface area contributed by atoms with Crippen LogP contribution in [0, 0.1) is 0 Å². The second-order valence-corrected chi connectivity index (χ2v) is 12.7. The number of para-hydroxylation sites is 1. The van der Waals surface area contributed by atoms with E-state index in [0.717, 1.165) is 44.6 Å². The molecule has 0 radical (unpaired) electrons. The number of ether oxygens (including phenoxy) is 1. The number of thiophene rings is 1. The van der Waals surface area contributed by atoms with Crippen LogP contribution in [0.25, 0.3) is 22.2 Å². The van der Waals surface area contributed by atoms with Gasteiger partial charge in [-0.05, 0) is 34.2 Å². The SMILES string of the molecule is Cn1c(-c2ccccc2)c(C(=O)COC(=O)[C@H]2Cc3ccccc3CN2S(=O)(=O)c2cccs2)c2ccccc21. The third kappa shape index (κ3) is 4.56. The smallest absolute Gasteiger partial charge is 0.325 e. The molecule has 0 bridgehead atoms. The molecule has 0 unspecified atom stereocenters. The van der Waals surface area contributed by atoms with Gasteiger partial charge >= 0.3 is 5.97 Å². The van der Waals surface area contributed by atoms with Crippen LogP contribution in [0.4, 0.5) is 0 Å². The Kier molecular flexibility index (Phi) is 6.87. The first-order valence-corrected chi connectivity index (χ1v) is 15.1. The van der Waals surface area contributed by atoms with Gasteiger partial charge in [-0.3, -0.25) is 9.59 Å². The van der Waals surface area contributed by atoms with Crippen LogP contribution in [-0.2, 0) is 39.6 Å². The van der Waals surface area contributed by atoms with Crippen molar-refractivity contribution < 1.29 is 22.7 Å². The van der Waals surface area contributed by atoms with Crippen molar-refractivity contribution in [3.63, 3.8) is 0 Å². The Labute approximate surface area is 236 Å². The molecule has 1 atom stereocenters. The lowest BCUT2D eigenvalue weighted by Crippen LogP contribution is -2.49. The van der Waals surface area contributed by atoms with Crippen molar-refractivity contribution >= 4 is 44.0 Å². The van der Waals surface area contributed by atoms with Gasteiger partial charge in [-0.25, -0.2) is 8.42 Å². The lowest BCUT2D eigenvalue weighted by atomic mass is 9.96. The van der Waals surface area contributed by atoms with Gasteiger partial charge in [0.25, 0.3) is 10.0 Å². The summed E-state index contributed by atoms with van der Waals surface area (Å²) in [5, 5.41) is 2.45. The first-order chi connectivity index (χ1) is 19.4. The van der Waals surface area contributed by atoms with E-state index < -0.39 is 28.6 Å². The van der Waals surface area contributed by atoms with E-state index in [-0.39, 0.29) is 23.0 Å². The standard InChI is InChI=1S/C31H26N2O5S2/c1-32-25-15-8-7-14-24(25)29(30(32)21-10-3-2-4-11-21)27(34)20-38-31(35)26-18-22-12-5-6-13-23(22)19-33(26)40(36,37)28-16-9-17-39-28/h2-17,26H,18-20H2,1H3/t26-/m1/s1. The Morgan fingerprint density at radius 2 is 1.60 bits per heavy atom. The van der Waals surface area contributed by atoms with E-state index in [0.29, 0.717) is 5.56 Å². The van der Waals surface area contributed by atoms with Crippen molar-refractivity contribution in [1.29, 1.82) is 0 Å². The van der Waals surface area contributed by atoms with Crippen LogP contribution in [-0.4, -0.2) is 41.7 Å². The Morgan fingerprint density at radius 1 is 0.900 bits per heavy atom. The van der Waals surface area contributed by atoms with E-state index >= 15 is 0 Å². The molecule has 0 saturated carbocycles. The Hall–Kier alpha value is -4.05. The normalized spacial score (nSPS) is 15.6. The quantitative estimate of drug-likeness (QED) is 0.192. The van der Waals surface area contributed by atoms with Crippen LogP contribution in [0.15, 0.2) is 101 Å². The van der Waals surface area contributed by atoms with Gasteiger partial charge in [0.15, 0.2) is 6.61 Å². The Balaban J connectivity index is 1.31. The van der Waals surface area contributed by atoms with Crippen LogP contribution in [0.5, 0.6) is 0 Å². The minimum Gasteiger partial charge on any atom is -0.456 e. The Bertz CT molecular complexity index is 1830. The molecular weight excluding hydrogens is 544 g/mol. The number of carbonyl (C=O) groups is 2. The average Bonchev–Trinajstić information content (AvgIpc) is 3.63. The molecule has 7 nitrogen and oxygen atoms in total. The van der Waals surface area contributed by atoms with E-state index in [1.54, 1.807) is 11.4 Å². The maximum Gasteiger partial charge on any atom is 0.325 e. The molecular formula is C31H26N2O5S2. The number of rotatable bonds is 7. The van der Waals surface area contributed by atoms with Gasteiger partial charge in [0, 0.05) is 30.9 Å². The van der Waals surface area contributed by atoms with E-state index in [4.69, 9.17) is 4.74 Å². The second kappa shape index (κ2) is 10.5. The minimum atomic E-state index is -3.95. The van der Waals surface area contributed by atoms with Crippen molar-refractivity contribution in [2.75, 3.05) is 6.61 Å². The highest BCUT2D eigenvalue weighted by molar-refractivity contribution is 7.91. The number of aromatic nitrogens is 1. The van der Waals surface area contributed by atoms with Gasteiger partial charge in [0.2, 0.25) is 5.78 Å². The molecule has 5 aromatic rings. The van der Waals surface area contributed by atoms with Crippen LogP contribution >= 0.6 is 11.3 Å². The number of esters is 1. The van der Waals surface area contributed by atoms with Crippen molar-refractivity contribution in [2.24, 2.45) is 7.05 Å². The van der Waals surface area contributed by atoms with Gasteiger partial charge in [-0.2, -0.15) is 4.31 Å². The summed E-state index contributed by atoms with van der Waals surface area (Å²) in [4.78, 5) is 27.2. The van der Waals surface area contributed by atoms with Crippen LogP contribution < -0.4 is 0 Å². The highest BCUT2D eigenvalue weighted by Gasteiger charge is 2.41. The van der Waals surface area contributed by atoms with Crippen LogP contribution in [0.3, 0.4) is 0 Å². The van der Waals surface area contributed by atoms with E-state index in [2.05, 4.69) is 0 Å². The third-order valence-corrected chi connectivity index (χ3v) is 10.5. The number of fused-ring (bicyclic) bond motifs is 2. The Morgan fingerprint density at radius 3 is 2.35 bits per heavy atom. The molecule has 9 heteroatoms. The molecule has 1 aliphatic rings. The number of hydrogen-bond donors (Lipinski definition) is 0. The zero-order chi connectivity index (χ0) is 27.9. The van der Waals surface area contributed by atoms with Gasteiger partial charge < -0.3 is 9.30 Å². The highest BCUT2D eigenvalue weighted by atomic mass is 32.2. The van der Waals surface area contributed by atoms with Crippen LogP contribution in [0.2, 0.25) is 0 Å². The predicted octanol–water partition coefficient (Wildman–Crippen LogP) is 5.45. The molecule has 0 saturated heterocycles. The summed E-state index contributed by atoms with van der Waals surface area (Å²) in [5.41, 5.74) is 4.67. The molecule has 0 fully saturated rings. The molecule has 3 heterocycles. The number of hydrogen-bond acceptors (Lipinski definition) is 6.